The molecule has 0 bridgehead atoms. The van der Waals surface area contributed by atoms with Gasteiger partial charge in [-0.25, -0.2) is 15.0 Å². The molecule has 0 aliphatic rings. The molecule has 0 saturated carbocycles. The van der Waals surface area contributed by atoms with Gasteiger partial charge < -0.3 is 16.0 Å². The van der Waals surface area contributed by atoms with E-state index >= 15 is 0 Å². The van der Waals surface area contributed by atoms with Crippen molar-refractivity contribution in [1.29, 1.82) is 0 Å². The van der Waals surface area contributed by atoms with E-state index in [-0.39, 0.29) is 11.9 Å². The molecule has 3 N–H and O–H groups in total. The Morgan fingerprint density at radius 2 is 2.00 bits per heavy atom. The molecule has 172 valence electrons. The predicted molar refractivity (Wildman–Crippen MR) is 139 cm³/mol. The van der Waals surface area contributed by atoms with Crippen molar-refractivity contribution in [3.63, 3.8) is 0 Å². The Kier molecular flexibility index (Phi) is 7.51. The van der Waals surface area contributed by atoms with Crippen molar-refractivity contribution >= 4 is 56.0 Å². The Morgan fingerprint density at radius 3 is 2.82 bits per heavy atom. The smallest absolute Gasteiger partial charge is 0.270 e. The molecule has 3 heterocycles. The van der Waals surface area contributed by atoms with Crippen LogP contribution in [0, 0.1) is 0 Å². The average Bonchev–Trinajstić information content (AvgIpc) is 3.46. The Hall–Kier alpha value is -3.04. The summed E-state index contributed by atoms with van der Waals surface area (Å²) in [6, 6.07) is 8.29. The van der Waals surface area contributed by atoms with Gasteiger partial charge in [-0.1, -0.05) is 19.8 Å². The normalized spacial score (nSPS) is 11.2. The first-order valence-electron chi connectivity index (χ1n) is 11.1. The Labute approximate surface area is 201 Å². The summed E-state index contributed by atoms with van der Waals surface area (Å²) in [5.41, 5.74) is 6.04. The standard InChI is InChI=1S/C24H28N6OS2/c1-4-5-6-9-25-23(31)20-13-32-24(30-20)17-12-26-22(11-19(17)28-15(2)3)29-16-7-8-18-21(10-16)33-14-27-18/h7-8,10-15H,4-6,9H2,1-3H3,(H,25,31)(H2,26,28,29). The fourth-order valence-corrected chi connectivity index (χ4v) is 4.91. The second kappa shape index (κ2) is 10.7. The number of hydrogen-bond donors (Lipinski definition) is 3. The van der Waals surface area contributed by atoms with Gasteiger partial charge in [0.05, 0.1) is 21.3 Å². The lowest BCUT2D eigenvalue weighted by Crippen LogP contribution is -2.24. The van der Waals surface area contributed by atoms with Gasteiger partial charge in [-0.2, -0.15) is 0 Å². The lowest BCUT2D eigenvalue weighted by molar-refractivity contribution is 0.0948. The molecule has 4 rings (SSSR count). The zero-order valence-electron chi connectivity index (χ0n) is 19.0. The van der Waals surface area contributed by atoms with E-state index in [4.69, 9.17) is 0 Å². The van der Waals surface area contributed by atoms with E-state index in [2.05, 4.69) is 57.7 Å². The number of hydrogen-bond acceptors (Lipinski definition) is 8. The van der Waals surface area contributed by atoms with Crippen molar-refractivity contribution in [2.75, 3.05) is 17.2 Å². The van der Waals surface area contributed by atoms with Crippen LogP contribution in [0.3, 0.4) is 0 Å². The van der Waals surface area contributed by atoms with Crippen LogP contribution >= 0.6 is 22.7 Å². The summed E-state index contributed by atoms with van der Waals surface area (Å²) in [4.78, 5) is 26.0. The molecule has 9 heteroatoms. The number of pyridine rings is 1. The maximum atomic E-state index is 12.4. The Balaban J connectivity index is 1.54. The minimum Gasteiger partial charge on any atom is -0.382 e. The van der Waals surface area contributed by atoms with E-state index in [1.165, 1.54) is 11.3 Å². The summed E-state index contributed by atoms with van der Waals surface area (Å²) >= 11 is 3.06. The van der Waals surface area contributed by atoms with E-state index in [0.29, 0.717) is 12.2 Å². The van der Waals surface area contributed by atoms with Crippen LogP contribution in [0.25, 0.3) is 20.8 Å². The summed E-state index contributed by atoms with van der Waals surface area (Å²) in [5.74, 6) is 0.605. The van der Waals surface area contributed by atoms with Crippen molar-refractivity contribution < 1.29 is 4.79 Å². The maximum Gasteiger partial charge on any atom is 0.270 e. The molecule has 0 spiro atoms. The summed E-state index contributed by atoms with van der Waals surface area (Å²) in [5, 5.41) is 12.4. The zero-order chi connectivity index (χ0) is 23.2. The summed E-state index contributed by atoms with van der Waals surface area (Å²) in [6.07, 6.45) is 5.02. The lowest BCUT2D eigenvalue weighted by atomic mass is 10.2. The number of unbranched alkanes of at least 4 members (excludes halogenated alkanes) is 2. The summed E-state index contributed by atoms with van der Waals surface area (Å²) in [6.45, 7) is 7.00. The molecule has 0 atom stereocenters. The molecule has 0 saturated heterocycles. The number of aromatic nitrogens is 3. The molecule has 0 aliphatic carbocycles. The number of carbonyl (C=O) groups excluding carboxylic acids is 1. The van der Waals surface area contributed by atoms with E-state index in [1.54, 1.807) is 22.9 Å². The van der Waals surface area contributed by atoms with Crippen LogP contribution in [0.1, 0.15) is 50.5 Å². The second-order valence-corrected chi connectivity index (χ2v) is 9.82. The van der Waals surface area contributed by atoms with Crippen LogP contribution in [0.5, 0.6) is 0 Å². The number of carbonyl (C=O) groups is 1. The minimum absolute atomic E-state index is 0.128. The van der Waals surface area contributed by atoms with Gasteiger partial charge in [-0.15, -0.1) is 22.7 Å². The first kappa shape index (κ1) is 23.1. The average molecular weight is 481 g/mol. The quantitative estimate of drug-likeness (QED) is 0.231. The van der Waals surface area contributed by atoms with Crippen LogP contribution in [-0.4, -0.2) is 33.4 Å². The minimum atomic E-state index is -0.128. The second-order valence-electron chi connectivity index (χ2n) is 8.07. The zero-order valence-corrected chi connectivity index (χ0v) is 20.6. The third kappa shape index (κ3) is 5.85. The highest BCUT2D eigenvalue weighted by Gasteiger charge is 2.16. The van der Waals surface area contributed by atoms with Crippen molar-refractivity contribution in [2.45, 2.75) is 46.1 Å². The molecule has 0 fully saturated rings. The topological polar surface area (TPSA) is 91.8 Å². The van der Waals surface area contributed by atoms with Gasteiger partial charge in [0.2, 0.25) is 0 Å². The number of benzene rings is 1. The number of nitrogens with one attached hydrogen (secondary N) is 3. The van der Waals surface area contributed by atoms with Gasteiger partial charge in [0.15, 0.2) is 0 Å². The third-order valence-electron chi connectivity index (χ3n) is 4.98. The van der Waals surface area contributed by atoms with Crippen molar-refractivity contribution in [2.24, 2.45) is 0 Å². The monoisotopic (exact) mass is 480 g/mol. The third-order valence-corrected chi connectivity index (χ3v) is 6.65. The fourth-order valence-electron chi connectivity index (χ4n) is 3.37. The summed E-state index contributed by atoms with van der Waals surface area (Å²) < 4.78 is 1.13. The van der Waals surface area contributed by atoms with Crippen LogP contribution in [0.15, 0.2) is 41.4 Å². The Morgan fingerprint density at radius 1 is 1.12 bits per heavy atom. The molecular weight excluding hydrogens is 452 g/mol. The van der Waals surface area contributed by atoms with E-state index in [0.717, 1.165) is 57.2 Å². The van der Waals surface area contributed by atoms with E-state index < -0.39 is 0 Å². The summed E-state index contributed by atoms with van der Waals surface area (Å²) in [7, 11) is 0. The molecule has 0 unspecified atom stereocenters. The van der Waals surface area contributed by atoms with Gasteiger partial charge in [0.1, 0.15) is 16.5 Å². The van der Waals surface area contributed by atoms with Gasteiger partial charge in [0.25, 0.3) is 5.91 Å². The van der Waals surface area contributed by atoms with Crippen LogP contribution < -0.4 is 16.0 Å². The van der Waals surface area contributed by atoms with Gasteiger partial charge in [-0.3, -0.25) is 4.79 Å². The van der Waals surface area contributed by atoms with E-state index in [1.807, 2.05) is 23.7 Å². The number of amides is 1. The van der Waals surface area contributed by atoms with Crippen LogP contribution in [0.4, 0.5) is 17.2 Å². The van der Waals surface area contributed by atoms with Crippen LogP contribution in [-0.2, 0) is 0 Å². The molecule has 4 aromatic rings. The van der Waals surface area contributed by atoms with Crippen molar-refractivity contribution in [1.82, 2.24) is 20.3 Å². The highest BCUT2D eigenvalue weighted by Crippen LogP contribution is 2.33. The highest BCUT2D eigenvalue weighted by atomic mass is 32.1. The molecule has 0 radical (unpaired) electrons. The van der Waals surface area contributed by atoms with Gasteiger partial charge >= 0.3 is 0 Å². The molecule has 3 aromatic heterocycles. The highest BCUT2D eigenvalue weighted by molar-refractivity contribution is 7.16. The first-order chi connectivity index (χ1) is 16.0. The maximum absolute atomic E-state index is 12.4. The van der Waals surface area contributed by atoms with Gasteiger partial charge in [-0.05, 0) is 38.5 Å². The molecule has 1 amide bonds. The van der Waals surface area contributed by atoms with Crippen molar-refractivity contribution in [3.05, 3.63) is 47.0 Å². The SMILES string of the molecule is CCCCCNC(=O)c1csc(-c2cnc(Nc3ccc4ncsc4c3)cc2NC(C)C)n1. The number of anilines is 3. The number of thiazole rings is 2. The number of nitrogens with zero attached hydrogens (tertiary/aromatic N) is 3. The predicted octanol–water partition coefficient (Wildman–Crippen LogP) is 6.30. The number of fused-ring (bicyclic) bond motifs is 1. The number of rotatable bonds is 10. The van der Waals surface area contributed by atoms with E-state index in [9.17, 15) is 4.79 Å². The molecule has 7 nitrogen and oxygen atoms in total. The van der Waals surface area contributed by atoms with Crippen LogP contribution in [0.2, 0.25) is 0 Å². The van der Waals surface area contributed by atoms with Crippen molar-refractivity contribution in [3.8, 4) is 10.6 Å². The molecular formula is C24H28N6OS2. The molecule has 1 aromatic carbocycles. The largest absolute Gasteiger partial charge is 0.382 e. The molecule has 33 heavy (non-hydrogen) atoms. The molecule has 0 aliphatic heterocycles. The van der Waals surface area contributed by atoms with Gasteiger partial charge in [0, 0.05) is 41.6 Å². The first-order valence-corrected chi connectivity index (χ1v) is 12.9. The Bertz CT molecular complexity index is 1230. The fraction of sp³-hybridized carbons (Fsp3) is 0.333. The lowest BCUT2D eigenvalue weighted by Gasteiger charge is -2.15.